The zero-order valence-corrected chi connectivity index (χ0v) is 12.2. The molecule has 0 saturated carbocycles. The smallest absolute Gasteiger partial charge is 0.292 e. The second-order valence-corrected chi connectivity index (χ2v) is 5.42. The van der Waals surface area contributed by atoms with E-state index in [-0.39, 0.29) is 17.6 Å². The number of para-hydroxylation sites is 1. The zero-order chi connectivity index (χ0) is 15.7. The lowest BCUT2D eigenvalue weighted by molar-refractivity contribution is -0.384. The third-order valence-electron chi connectivity index (χ3n) is 3.94. The molecule has 2 aromatic carbocycles. The van der Waals surface area contributed by atoms with Crippen LogP contribution in [0.1, 0.15) is 18.4 Å². The third kappa shape index (κ3) is 2.55. The van der Waals surface area contributed by atoms with Gasteiger partial charge < -0.3 is 15.8 Å². The Bertz CT molecular complexity index is 718. The Morgan fingerprint density at radius 2 is 2.14 bits per heavy atom. The summed E-state index contributed by atoms with van der Waals surface area (Å²) in [6, 6.07) is 12.4. The largest absolute Gasteiger partial charge is 0.493 e. The van der Waals surface area contributed by atoms with E-state index in [9.17, 15) is 10.1 Å². The maximum absolute atomic E-state index is 11.1. The standard InChI is InChI=1S/C16H17N3O3/c1-10(13-9-22-16-5-3-2-4-12(13)16)18-14-8-11(17)6-7-15(14)19(20)21/h2-8,10,13,18H,9,17H2,1H3/t10-,13+/m1/s1. The van der Waals surface area contributed by atoms with Gasteiger partial charge in [0.2, 0.25) is 0 Å². The fraction of sp³-hybridized carbons (Fsp3) is 0.250. The van der Waals surface area contributed by atoms with Crippen molar-refractivity contribution in [1.29, 1.82) is 0 Å². The molecule has 2 aromatic rings. The van der Waals surface area contributed by atoms with Crippen LogP contribution in [0.3, 0.4) is 0 Å². The van der Waals surface area contributed by atoms with E-state index in [4.69, 9.17) is 10.5 Å². The summed E-state index contributed by atoms with van der Waals surface area (Å²) < 4.78 is 5.67. The summed E-state index contributed by atoms with van der Waals surface area (Å²) in [6.45, 7) is 2.55. The van der Waals surface area contributed by atoms with E-state index in [2.05, 4.69) is 5.32 Å². The van der Waals surface area contributed by atoms with Crippen LogP contribution in [0.25, 0.3) is 0 Å². The molecule has 6 nitrogen and oxygen atoms in total. The first-order valence-electron chi connectivity index (χ1n) is 7.08. The maximum Gasteiger partial charge on any atom is 0.292 e. The van der Waals surface area contributed by atoms with Crippen LogP contribution >= 0.6 is 0 Å². The van der Waals surface area contributed by atoms with E-state index in [0.717, 1.165) is 11.3 Å². The number of nitro groups is 1. The topological polar surface area (TPSA) is 90.4 Å². The molecule has 114 valence electrons. The van der Waals surface area contributed by atoms with Crippen LogP contribution in [0.2, 0.25) is 0 Å². The van der Waals surface area contributed by atoms with Gasteiger partial charge in [-0.1, -0.05) is 18.2 Å². The molecule has 22 heavy (non-hydrogen) atoms. The number of fused-ring (bicyclic) bond motifs is 1. The Hall–Kier alpha value is -2.76. The van der Waals surface area contributed by atoms with E-state index < -0.39 is 4.92 Å². The van der Waals surface area contributed by atoms with Crippen LogP contribution in [0.15, 0.2) is 42.5 Å². The number of nitrogen functional groups attached to an aromatic ring is 1. The molecule has 1 aliphatic rings. The Labute approximate surface area is 128 Å². The van der Waals surface area contributed by atoms with Gasteiger partial charge in [0.1, 0.15) is 11.4 Å². The summed E-state index contributed by atoms with van der Waals surface area (Å²) in [4.78, 5) is 10.7. The minimum Gasteiger partial charge on any atom is -0.493 e. The highest BCUT2D eigenvalue weighted by molar-refractivity contribution is 5.68. The molecule has 0 unspecified atom stereocenters. The molecule has 0 aromatic heterocycles. The van der Waals surface area contributed by atoms with Gasteiger partial charge in [0.25, 0.3) is 5.69 Å². The van der Waals surface area contributed by atoms with Gasteiger partial charge in [0.15, 0.2) is 0 Å². The summed E-state index contributed by atoms with van der Waals surface area (Å²) in [5.41, 5.74) is 7.81. The summed E-state index contributed by atoms with van der Waals surface area (Å²) >= 11 is 0. The number of hydrogen-bond donors (Lipinski definition) is 2. The Kier molecular flexibility index (Phi) is 3.58. The summed E-state index contributed by atoms with van der Waals surface area (Å²) in [6.07, 6.45) is 0. The molecule has 1 heterocycles. The molecule has 3 N–H and O–H groups in total. The average Bonchev–Trinajstić information content (AvgIpc) is 2.91. The SMILES string of the molecule is C[C@@H](Nc1cc(N)ccc1[N+](=O)[O-])[C@@H]1COc2ccccc21. The van der Waals surface area contributed by atoms with Crippen molar-refractivity contribution in [2.24, 2.45) is 0 Å². The van der Waals surface area contributed by atoms with Crippen molar-refractivity contribution in [2.75, 3.05) is 17.7 Å². The number of ether oxygens (including phenoxy) is 1. The fourth-order valence-electron chi connectivity index (χ4n) is 2.78. The lowest BCUT2D eigenvalue weighted by Crippen LogP contribution is -2.25. The molecular weight excluding hydrogens is 282 g/mol. The molecule has 2 atom stereocenters. The van der Waals surface area contributed by atoms with Crippen molar-refractivity contribution < 1.29 is 9.66 Å². The lowest BCUT2D eigenvalue weighted by Gasteiger charge is -2.21. The highest BCUT2D eigenvalue weighted by atomic mass is 16.6. The lowest BCUT2D eigenvalue weighted by atomic mass is 9.94. The first-order valence-corrected chi connectivity index (χ1v) is 7.08. The summed E-state index contributed by atoms with van der Waals surface area (Å²) in [7, 11) is 0. The van der Waals surface area contributed by atoms with Crippen molar-refractivity contribution in [3.05, 3.63) is 58.1 Å². The van der Waals surface area contributed by atoms with Gasteiger partial charge in [-0.25, -0.2) is 0 Å². The molecule has 6 heteroatoms. The van der Waals surface area contributed by atoms with Gasteiger partial charge >= 0.3 is 0 Å². The Morgan fingerprint density at radius 1 is 1.36 bits per heavy atom. The average molecular weight is 299 g/mol. The van der Waals surface area contributed by atoms with Gasteiger partial charge in [0.05, 0.1) is 11.5 Å². The predicted octanol–water partition coefficient (Wildman–Crippen LogP) is 3.15. The number of benzene rings is 2. The third-order valence-corrected chi connectivity index (χ3v) is 3.94. The number of nitrogens with one attached hydrogen (secondary N) is 1. The highest BCUT2D eigenvalue weighted by Crippen LogP contribution is 2.37. The number of nitrogens with two attached hydrogens (primary N) is 1. The van der Waals surface area contributed by atoms with E-state index in [1.54, 1.807) is 6.07 Å². The minimum atomic E-state index is -0.409. The van der Waals surface area contributed by atoms with Gasteiger partial charge in [-0.3, -0.25) is 10.1 Å². The second kappa shape index (κ2) is 5.55. The molecule has 0 radical (unpaired) electrons. The monoisotopic (exact) mass is 299 g/mol. The van der Waals surface area contributed by atoms with Crippen molar-refractivity contribution in [3.8, 4) is 5.75 Å². The van der Waals surface area contributed by atoms with Crippen LogP contribution in [0.5, 0.6) is 5.75 Å². The molecule has 0 bridgehead atoms. The van der Waals surface area contributed by atoms with Crippen molar-refractivity contribution in [3.63, 3.8) is 0 Å². The Balaban J connectivity index is 1.85. The molecule has 1 aliphatic heterocycles. The zero-order valence-electron chi connectivity index (χ0n) is 12.2. The fourth-order valence-corrected chi connectivity index (χ4v) is 2.78. The van der Waals surface area contributed by atoms with Crippen LogP contribution in [-0.2, 0) is 0 Å². The summed E-state index contributed by atoms with van der Waals surface area (Å²) in [5.74, 6) is 1.01. The quantitative estimate of drug-likeness (QED) is 0.514. The minimum absolute atomic E-state index is 0.0215. The highest BCUT2D eigenvalue weighted by Gasteiger charge is 2.29. The maximum atomic E-state index is 11.1. The molecule has 0 aliphatic carbocycles. The molecule has 0 saturated heterocycles. The van der Waals surface area contributed by atoms with Gasteiger partial charge in [-0.15, -0.1) is 0 Å². The van der Waals surface area contributed by atoms with E-state index in [1.165, 1.54) is 12.1 Å². The van der Waals surface area contributed by atoms with Crippen LogP contribution in [0.4, 0.5) is 17.1 Å². The van der Waals surface area contributed by atoms with Gasteiger partial charge in [0, 0.05) is 29.3 Å². The normalized spacial score (nSPS) is 17.4. The van der Waals surface area contributed by atoms with Crippen molar-refractivity contribution in [1.82, 2.24) is 0 Å². The van der Waals surface area contributed by atoms with E-state index >= 15 is 0 Å². The van der Waals surface area contributed by atoms with Gasteiger partial charge in [-0.05, 0) is 25.1 Å². The first kappa shape index (κ1) is 14.2. The van der Waals surface area contributed by atoms with E-state index in [1.807, 2.05) is 31.2 Å². The summed E-state index contributed by atoms with van der Waals surface area (Å²) in [5, 5.41) is 14.3. The van der Waals surface area contributed by atoms with Crippen LogP contribution in [0, 0.1) is 10.1 Å². The van der Waals surface area contributed by atoms with Gasteiger partial charge in [-0.2, -0.15) is 0 Å². The molecule has 0 amide bonds. The van der Waals surface area contributed by atoms with Crippen molar-refractivity contribution >= 4 is 17.1 Å². The Morgan fingerprint density at radius 3 is 2.91 bits per heavy atom. The second-order valence-electron chi connectivity index (χ2n) is 5.42. The van der Waals surface area contributed by atoms with E-state index in [0.29, 0.717) is 18.0 Å². The number of anilines is 2. The predicted molar refractivity (Wildman–Crippen MR) is 85.3 cm³/mol. The molecule has 0 fully saturated rings. The number of nitrogens with zero attached hydrogens (tertiary/aromatic N) is 1. The first-order chi connectivity index (χ1) is 10.6. The molecular formula is C16H17N3O3. The van der Waals surface area contributed by atoms with Crippen molar-refractivity contribution in [2.45, 2.75) is 18.9 Å². The molecule has 0 spiro atoms. The number of nitro benzene ring substituents is 1. The molecule has 3 rings (SSSR count). The number of hydrogen-bond acceptors (Lipinski definition) is 5. The number of rotatable bonds is 4. The van der Waals surface area contributed by atoms with Crippen LogP contribution in [-0.4, -0.2) is 17.6 Å². The van der Waals surface area contributed by atoms with Crippen LogP contribution < -0.4 is 15.8 Å².